The molecule has 0 saturated carbocycles. The first kappa shape index (κ1) is 16.0. The zero-order valence-electron chi connectivity index (χ0n) is 8.77. The van der Waals surface area contributed by atoms with Gasteiger partial charge in [0.2, 0.25) is 0 Å². The molecule has 1 rings (SSSR count). The Morgan fingerprint density at radius 2 is 1.00 bits per heavy atom. The van der Waals surface area contributed by atoms with Crippen molar-refractivity contribution in [1.82, 2.24) is 6.15 Å². The Kier molecular flexibility index (Phi) is 5.23. The zero-order valence-corrected chi connectivity index (χ0v) is 10.4. The number of hydrogen-bond acceptors (Lipinski definition) is 5. The van der Waals surface area contributed by atoms with E-state index in [4.69, 9.17) is 9.11 Å². The van der Waals surface area contributed by atoms with Gasteiger partial charge in [0.15, 0.2) is 0 Å². The highest BCUT2D eigenvalue weighted by Gasteiger charge is 2.09. The minimum Gasteiger partial charge on any atom is -0.344 e. The molecular weight excluding hydrogens is 270 g/mol. The van der Waals surface area contributed by atoms with E-state index in [-0.39, 0.29) is 6.15 Å². The summed E-state index contributed by atoms with van der Waals surface area (Å²) in [5.41, 5.74) is 0.670. The zero-order chi connectivity index (χ0) is 12.4. The van der Waals surface area contributed by atoms with Crippen molar-refractivity contribution in [2.45, 2.75) is 11.5 Å². The van der Waals surface area contributed by atoms with Gasteiger partial charge in [-0.25, -0.2) is 0 Å². The summed E-state index contributed by atoms with van der Waals surface area (Å²) >= 11 is 0. The van der Waals surface area contributed by atoms with Gasteiger partial charge in [0, 0.05) is 0 Å². The van der Waals surface area contributed by atoms with Crippen molar-refractivity contribution in [2.75, 3.05) is 0 Å². The van der Waals surface area contributed by atoms with E-state index in [0.29, 0.717) is 11.1 Å². The summed E-state index contributed by atoms with van der Waals surface area (Å²) in [6.07, 6.45) is 0. The molecule has 0 bridgehead atoms. The third-order valence-electron chi connectivity index (χ3n) is 1.72. The summed E-state index contributed by atoms with van der Waals surface area (Å²) < 4.78 is 59.3. The fourth-order valence-corrected chi connectivity index (χ4v) is 2.38. The summed E-state index contributed by atoms with van der Waals surface area (Å²) in [5, 5.41) is 0. The van der Waals surface area contributed by atoms with E-state index in [1.54, 1.807) is 0 Å². The summed E-state index contributed by atoms with van der Waals surface area (Å²) in [6, 6.07) is 5.48. The predicted octanol–water partition coefficient (Wildman–Crippen LogP) is 0.624. The van der Waals surface area contributed by atoms with Crippen LogP contribution in [0, 0.1) is 0 Å². The van der Waals surface area contributed by atoms with Crippen LogP contribution >= 0.6 is 0 Å². The molecule has 0 aromatic heterocycles. The molecular formula is C8H13NO6S2. The van der Waals surface area contributed by atoms with Crippen LogP contribution in [0.4, 0.5) is 0 Å². The van der Waals surface area contributed by atoms with E-state index >= 15 is 0 Å². The molecule has 5 N–H and O–H groups in total. The first-order valence-electron chi connectivity index (χ1n) is 4.14. The van der Waals surface area contributed by atoms with Gasteiger partial charge < -0.3 is 6.15 Å². The van der Waals surface area contributed by atoms with Gasteiger partial charge in [-0.2, -0.15) is 16.8 Å². The molecule has 9 heteroatoms. The molecule has 0 aliphatic carbocycles. The van der Waals surface area contributed by atoms with Gasteiger partial charge >= 0.3 is 0 Å². The Morgan fingerprint density at radius 1 is 0.765 bits per heavy atom. The Bertz CT molecular complexity index is 508. The summed E-state index contributed by atoms with van der Waals surface area (Å²) in [7, 11) is -8.19. The highest BCUT2D eigenvalue weighted by atomic mass is 32.2. The lowest BCUT2D eigenvalue weighted by molar-refractivity contribution is 0.479. The molecule has 0 aliphatic heterocycles. The highest BCUT2D eigenvalue weighted by molar-refractivity contribution is 7.85. The van der Waals surface area contributed by atoms with Gasteiger partial charge in [-0.1, -0.05) is 24.3 Å². The first-order valence-corrected chi connectivity index (χ1v) is 7.36. The van der Waals surface area contributed by atoms with Gasteiger partial charge in [0.25, 0.3) is 20.2 Å². The third-order valence-corrected chi connectivity index (χ3v) is 3.12. The Labute approximate surface area is 99.6 Å². The van der Waals surface area contributed by atoms with Crippen LogP contribution in [0.2, 0.25) is 0 Å². The molecule has 0 saturated heterocycles. The van der Waals surface area contributed by atoms with Gasteiger partial charge in [-0.3, -0.25) is 9.11 Å². The summed E-state index contributed by atoms with van der Waals surface area (Å²) in [6.45, 7) is 0. The molecule has 0 heterocycles. The van der Waals surface area contributed by atoms with Crippen molar-refractivity contribution in [2.24, 2.45) is 0 Å². The van der Waals surface area contributed by atoms with Crippen LogP contribution in [-0.2, 0) is 31.7 Å². The Balaban J connectivity index is 0.00000256. The van der Waals surface area contributed by atoms with Gasteiger partial charge in [0.05, 0.1) is 0 Å². The smallest absolute Gasteiger partial charge is 0.269 e. The monoisotopic (exact) mass is 283 g/mol. The van der Waals surface area contributed by atoms with Crippen molar-refractivity contribution >= 4 is 20.2 Å². The second-order valence-corrected chi connectivity index (χ2v) is 6.17. The van der Waals surface area contributed by atoms with Gasteiger partial charge in [-0.15, -0.1) is 0 Å². The molecule has 1 aromatic carbocycles. The van der Waals surface area contributed by atoms with Crippen LogP contribution in [0.3, 0.4) is 0 Å². The lowest BCUT2D eigenvalue weighted by Crippen LogP contribution is -2.03. The number of rotatable bonds is 4. The summed E-state index contributed by atoms with van der Waals surface area (Å²) in [5.74, 6) is -1.06. The summed E-state index contributed by atoms with van der Waals surface area (Å²) in [4.78, 5) is 0. The maximum atomic E-state index is 10.5. The van der Waals surface area contributed by atoms with Crippen molar-refractivity contribution in [3.63, 3.8) is 0 Å². The molecule has 0 unspecified atom stereocenters. The normalized spacial score (nSPS) is 11.9. The Morgan fingerprint density at radius 3 is 1.18 bits per heavy atom. The van der Waals surface area contributed by atoms with E-state index in [1.807, 2.05) is 0 Å². The van der Waals surface area contributed by atoms with Crippen molar-refractivity contribution in [3.8, 4) is 0 Å². The molecule has 17 heavy (non-hydrogen) atoms. The lowest BCUT2D eigenvalue weighted by Gasteiger charge is -2.01. The maximum Gasteiger partial charge on any atom is 0.269 e. The molecule has 0 radical (unpaired) electrons. The highest BCUT2D eigenvalue weighted by Crippen LogP contribution is 2.09. The molecule has 7 nitrogen and oxygen atoms in total. The number of hydrogen-bond donors (Lipinski definition) is 3. The van der Waals surface area contributed by atoms with Crippen LogP contribution in [0.25, 0.3) is 0 Å². The van der Waals surface area contributed by atoms with Crippen LogP contribution in [-0.4, -0.2) is 25.9 Å². The van der Waals surface area contributed by atoms with E-state index in [1.165, 1.54) is 24.3 Å². The average molecular weight is 283 g/mol. The molecule has 0 spiro atoms. The van der Waals surface area contributed by atoms with Gasteiger partial charge in [0.1, 0.15) is 11.5 Å². The van der Waals surface area contributed by atoms with E-state index < -0.39 is 31.7 Å². The molecule has 0 amide bonds. The van der Waals surface area contributed by atoms with Crippen molar-refractivity contribution in [1.29, 1.82) is 0 Å². The predicted molar refractivity (Wildman–Crippen MR) is 62.0 cm³/mol. The second-order valence-electron chi connectivity index (χ2n) is 3.27. The molecule has 1 aromatic rings. The maximum absolute atomic E-state index is 10.5. The minimum atomic E-state index is -4.09. The van der Waals surface area contributed by atoms with Crippen LogP contribution < -0.4 is 6.15 Å². The van der Waals surface area contributed by atoms with E-state index in [9.17, 15) is 16.8 Å². The lowest BCUT2D eigenvalue weighted by atomic mass is 10.2. The van der Waals surface area contributed by atoms with Crippen molar-refractivity contribution in [3.05, 3.63) is 35.4 Å². The molecule has 98 valence electrons. The fraction of sp³-hybridized carbons (Fsp3) is 0.250. The quantitative estimate of drug-likeness (QED) is 0.687. The SMILES string of the molecule is N.O=S(=O)(O)Cc1ccc(CS(=O)(=O)O)cc1. The van der Waals surface area contributed by atoms with Crippen LogP contribution in [0.5, 0.6) is 0 Å². The molecule has 0 atom stereocenters. The van der Waals surface area contributed by atoms with E-state index in [0.717, 1.165) is 0 Å². The molecule has 0 fully saturated rings. The van der Waals surface area contributed by atoms with Crippen molar-refractivity contribution < 1.29 is 25.9 Å². The van der Waals surface area contributed by atoms with Crippen LogP contribution in [0.15, 0.2) is 24.3 Å². The third kappa shape index (κ3) is 7.02. The topological polar surface area (TPSA) is 144 Å². The van der Waals surface area contributed by atoms with Crippen LogP contribution in [0.1, 0.15) is 11.1 Å². The standard InChI is InChI=1S/C8H10O6S2.H3N/c9-15(10,11)5-7-1-2-8(4-3-7)6-16(12,13)14;/h1-4H,5-6H2,(H,9,10,11)(H,12,13,14);1H3. The molecule has 0 aliphatic rings. The number of benzene rings is 1. The Hall–Kier alpha value is -1.00. The average Bonchev–Trinajstić information content (AvgIpc) is 2.03. The first-order chi connectivity index (χ1) is 7.16. The van der Waals surface area contributed by atoms with E-state index in [2.05, 4.69) is 0 Å². The second kappa shape index (κ2) is 5.56. The minimum absolute atomic E-state index is 0. The largest absolute Gasteiger partial charge is 0.344 e. The van der Waals surface area contributed by atoms with Gasteiger partial charge in [-0.05, 0) is 11.1 Å². The fourth-order valence-electron chi connectivity index (χ4n) is 1.15.